The number of amides is 1. The maximum Gasteiger partial charge on any atom is 0.337 e. The summed E-state index contributed by atoms with van der Waals surface area (Å²) in [5.41, 5.74) is 2.20. The standard InChI is InChI=1S/C19H15IN2O3S2/c1-25-18(24)13-4-8-15(9-5-13)21-11-22-17(23)16(27-19(22)26)10-12-2-6-14(20)7-3-12/h2-10,21H,11H2,1H3/b16-10-. The van der Waals surface area contributed by atoms with Crippen LogP contribution in [0.1, 0.15) is 15.9 Å². The molecule has 0 aromatic heterocycles. The smallest absolute Gasteiger partial charge is 0.337 e. The van der Waals surface area contributed by atoms with E-state index in [-0.39, 0.29) is 18.5 Å². The van der Waals surface area contributed by atoms with E-state index in [1.54, 1.807) is 24.3 Å². The zero-order valence-electron chi connectivity index (χ0n) is 14.3. The molecule has 1 aliphatic heterocycles. The lowest BCUT2D eigenvalue weighted by Crippen LogP contribution is -2.33. The van der Waals surface area contributed by atoms with Crippen molar-refractivity contribution in [2.45, 2.75) is 0 Å². The van der Waals surface area contributed by atoms with Gasteiger partial charge in [-0.25, -0.2) is 4.79 Å². The molecule has 27 heavy (non-hydrogen) atoms. The molecule has 1 N–H and O–H groups in total. The molecule has 3 rings (SSSR count). The van der Waals surface area contributed by atoms with E-state index in [0.29, 0.717) is 14.8 Å². The zero-order valence-corrected chi connectivity index (χ0v) is 18.1. The number of ether oxygens (including phenoxy) is 1. The first-order chi connectivity index (χ1) is 13.0. The van der Waals surface area contributed by atoms with Gasteiger partial charge in [-0.1, -0.05) is 36.1 Å². The normalized spacial score (nSPS) is 15.3. The summed E-state index contributed by atoms with van der Waals surface area (Å²) in [5.74, 6) is -0.513. The molecule has 0 aliphatic carbocycles. The summed E-state index contributed by atoms with van der Waals surface area (Å²) >= 11 is 8.87. The van der Waals surface area contributed by atoms with E-state index in [4.69, 9.17) is 12.2 Å². The summed E-state index contributed by atoms with van der Waals surface area (Å²) in [7, 11) is 1.34. The van der Waals surface area contributed by atoms with Crippen molar-refractivity contribution in [3.8, 4) is 0 Å². The molecular weight excluding hydrogens is 495 g/mol. The van der Waals surface area contributed by atoms with Gasteiger partial charge in [0.25, 0.3) is 5.91 Å². The molecule has 0 bridgehead atoms. The molecule has 0 saturated carbocycles. The van der Waals surface area contributed by atoms with Crippen molar-refractivity contribution in [1.82, 2.24) is 4.90 Å². The van der Waals surface area contributed by atoms with Crippen LogP contribution in [0.2, 0.25) is 0 Å². The van der Waals surface area contributed by atoms with E-state index in [1.807, 2.05) is 30.3 Å². The van der Waals surface area contributed by atoms with Gasteiger partial charge in [-0.15, -0.1) is 0 Å². The average molecular weight is 510 g/mol. The number of nitrogens with zero attached hydrogens (tertiary/aromatic N) is 1. The Kier molecular flexibility index (Phi) is 6.51. The molecule has 8 heteroatoms. The number of benzene rings is 2. The van der Waals surface area contributed by atoms with E-state index < -0.39 is 0 Å². The highest BCUT2D eigenvalue weighted by molar-refractivity contribution is 14.1. The average Bonchev–Trinajstić information content (AvgIpc) is 2.94. The van der Waals surface area contributed by atoms with Crippen molar-refractivity contribution in [2.75, 3.05) is 19.1 Å². The van der Waals surface area contributed by atoms with Crippen molar-refractivity contribution in [2.24, 2.45) is 0 Å². The third-order valence-corrected chi connectivity index (χ3v) is 5.89. The molecule has 0 unspecified atom stereocenters. The van der Waals surface area contributed by atoms with Crippen LogP contribution in [0.5, 0.6) is 0 Å². The minimum absolute atomic E-state index is 0.123. The third-order valence-electron chi connectivity index (χ3n) is 3.79. The van der Waals surface area contributed by atoms with Crippen LogP contribution in [0.4, 0.5) is 5.69 Å². The Labute approximate surface area is 180 Å². The first-order valence-corrected chi connectivity index (χ1v) is 10.2. The topological polar surface area (TPSA) is 58.6 Å². The molecule has 0 spiro atoms. The molecule has 0 atom stereocenters. The number of methoxy groups -OCH3 is 1. The van der Waals surface area contributed by atoms with Crippen LogP contribution in [0, 0.1) is 3.57 Å². The summed E-state index contributed by atoms with van der Waals surface area (Å²) < 4.78 is 6.32. The van der Waals surface area contributed by atoms with E-state index in [2.05, 4.69) is 32.6 Å². The number of anilines is 1. The van der Waals surface area contributed by atoms with Gasteiger partial charge < -0.3 is 10.1 Å². The van der Waals surface area contributed by atoms with Gasteiger partial charge in [0.05, 0.1) is 24.2 Å². The number of carbonyl (C=O) groups excluding carboxylic acids is 2. The number of rotatable bonds is 5. The van der Waals surface area contributed by atoms with Gasteiger partial charge in [0.1, 0.15) is 4.32 Å². The number of nitrogens with one attached hydrogen (secondary N) is 1. The van der Waals surface area contributed by atoms with Crippen molar-refractivity contribution in [3.05, 3.63) is 68.1 Å². The van der Waals surface area contributed by atoms with Gasteiger partial charge in [-0.05, 0) is 70.6 Å². The summed E-state index contributed by atoms with van der Waals surface area (Å²) in [6.45, 7) is 0.256. The maximum atomic E-state index is 12.6. The first-order valence-electron chi connectivity index (χ1n) is 7.91. The van der Waals surface area contributed by atoms with Crippen molar-refractivity contribution < 1.29 is 14.3 Å². The number of carbonyl (C=O) groups is 2. The van der Waals surface area contributed by atoms with E-state index in [9.17, 15) is 9.59 Å². The van der Waals surface area contributed by atoms with Crippen LogP contribution in [0.25, 0.3) is 6.08 Å². The Morgan fingerprint density at radius 3 is 2.52 bits per heavy atom. The Hall–Kier alpha value is -1.91. The predicted octanol–water partition coefficient (Wildman–Crippen LogP) is 4.35. The molecule has 1 heterocycles. The molecule has 0 radical (unpaired) electrons. The quantitative estimate of drug-likeness (QED) is 0.280. The Balaban J connectivity index is 1.65. The highest BCUT2D eigenvalue weighted by Gasteiger charge is 2.31. The van der Waals surface area contributed by atoms with Gasteiger partial charge in [0, 0.05) is 9.26 Å². The SMILES string of the molecule is COC(=O)c1ccc(NCN2C(=O)/C(=C/c3ccc(I)cc3)SC2=S)cc1. The fourth-order valence-corrected chi connectivity index (χ4v) is 3.97. The molecule has 1 aliphatic rings. The van der Waals surface area contributed by atoms with Crippen LogP contribution in [0.3, 0.4) is 0 Å². The van der Waals surface area contributed by atoms with Crippen molar-refractivity contribution >= 4 is 74.5 Å². The largest absolute Gasteiger partial charge is 0.465 e. The minimum Gasteiger partial charge on any atom is -0.465 e. The lowest BCUT2D eigenvalue weighted by atomic mass is 10.2. The van der Waals surface area contributed by atoms with Crippen LogP contribution in [0.15, 0.2) is 53.4 Å². The summed E-state index contributed by atoms with van der Waals surface area (Å²) in [4.78, 5) is 26.2. The second-order valence-corrected chi connectivity index (χ2v) is 8.49. The van der Waals surface area contributed by atoms with E-state index in [1.165, 1.54) is 23.8 Å². The van der Waals surface area contributed by atoms with Crippen molar-refractivity contribution in [3.63, 3.8) is 0 Å². The number of esters is 1. The number of halogens is 1. The Morgan fingerprint density at radius 2 is 1.89 bits per heavy atom. The Bertz CT molecular complexity index is 912. The summed E-state index contributed by atoms with van der Waals surface area (Å²) in [6, 6.07) is 14.8. The number of hydrogen-bond donors (Lipinski definition) is 1. The second kappa shape index (κ2) is 8.85. The summed E-state index contributed by atoms with van der Waals surface area (Å²) in [5, 5.41) is 3.15. The third kappa shape index (κ3) is 4.88. The second-order valence-electron chi connectivity index (χ2n) is 5.57. The van der Waals surface area contributed by atoms with Gasteiger partial charge in [-0.3, -0.25) is 9.69 Å². The van der Waals surface area contributed by atoms with Gasteiger partial charge in [0.2, 0.25) is 0 Å². The molecular formula is C19H15IN2O3S2. The number of thiocarbonyl (C=S) groups is 1. The van der Waals surface area contributed by atoms with Crippen LogP contribution in [-0.2, 0) is 9.53 Å². The molecule has 1 saturated heterocycles. The number of hydrogen-bond acceptors (Lipinski definition) is 6. The molecule has 2 aromatic carbocycles. The lowest BCUT2D eigenvalue weighted by Gasteiger charge is -2.16. The van der Waals surface area contributed by atoms with Crippen LogP contribution < -0.4 is 5.32 Å². The Morgan fingerprint density at radius 1 is 1.22 bits per heavy atom. The molecule has 2 aromatic rings. The van der Waals surface area contributed by atoms with Gasteiger partial charge in [0.15, 0.2) is 0 Å². The van der Waals surface area contributed by atoms with Crippen molar-refractivity contribution in [1.29, 1.82) is 0 Å². The molecule has 5 nitrogen and oxygen atoms in total. The molecule has 1 fully saturated rings. The molecule has 138 valence electrons. The highest BCUT2D eigenvalue weighted by Crippen LogP contribution is 2.32. The number of thioether (sulfide) groups is 1. The lowest BCUT2D eigenvalue weighted by molar-refractivity contribution is -0.121. The summed E-state index contributed by atoms with van der Waals surface area (Å²) in [6.07, 6.45) is 1.85. The minimum atomic E-state index is -0.390. The zero-order chi connectivity index (χ0) is 19.4. The predicted molar refractivity (Wildman–Crippen MR) is 120 cm³/mol. The fourth-order valence-electron chi connectivity index (χ4n) is 2.36. The highest BCUT2D eigenvalue weighted by atomic mass is 127. The van der Waals surface area contributed by atoms with E-state index >= 15 is 0 Å². The van der Waals surface area contributed by atoms with E-state index in [0.717, 1.165) is 14.8 Å². The fraction of sp³-hybridized carbons (Fsp3) is 0.105. The molecule has 1 amide bonds. The van der Waals surface area contributed by atoms with Gasteiger partial charge in [-0.2, -0.15) is 0 Å². The monoisotopic (exact) mass is 510 g/mol. The maximum absolute atomic E-state index is 12.6. The first kappa shape index (κ1) is 19.8. The van der Waals surface area contributed by atoms with Crippen LogP contribution >= 0.6 is 46.6 Å². The van der Waals surface area contributed by atoms with Gasteiger partial charge >= 0.3 is 5.97 Å². The van der Waals surface area contributed by atoms with Crippen LogP contribution in [-0.4, -0.2) is 34.9 Å².